The van der Waals surface area contributed by atoms with Crippen molar-refractivity contribution in [2.24, 2.45) is 12.8 Å². The van der Waals surface area contributed by atoms with Gasteiger partial charge >= 0.3 is 0 Å². The summed E-state index contributed by atoms with van der Waals surface area (Å²) in [6.07, 6.45) is 3.36. The highest BCUT2D eigenvalue weighted by Crippen LogP contribution is 2.23. The highest BCUT2D eigenvalue weighted by molar-refractivity contribution is 5.94. The number of aryl methyl sites for hydroxylation is 1. The molecule has 2 N–H and O–H groups in total. The molecule has 1 aliphatic rings. The Labute approximate surface area is 163 Å². The van der Waals surface area contributed by atoms with Gasteiger partial charge in [0.15, 0.2) is 5.65 Å². The molecule has 27 heavy (non-hydrogen) atoms. The molecular formula is C18H22ClN7O. The molecule has 1 aliphatic heterocycles. The molecule has 0 saturated carbocycles. The summed E-state index contributed by atoms with van der Waals surface area (Å²) in [5.41, 5.74) is 8.15. The zero-order chi connectivity index (χ0) is 18.1. The first-order chi connectivity index (χ1) is 12.7. The second-order valence-electron chi connectivity index (χ2n) is 6.38. The van der Waals surface area contributed by atoms with E-state index in [9.17, 15) is 4.79 Å². The number of amides is 1. The average molecular weight is 388 g/mol. The van der Waals surface area contributed by atoms with Crippen LogP contribution in [0.4, 0.5) is 5.82 Å². The highest BCUT2D eigenvalue weighted by Gasteiger charge is 2.24. The second kappa shape index (κ2) is 7.89. The Morgan fingerprint density at radius 2 is 1.81 bits per heavy atom. The zero-order valence-corrected chi connectivity index (χ0v) is 15.9. The van der Waals surface area contributed by atoms with Gasteiger partial charge in [-0.2, -0.15) is 5.10 Å². The summed E-state index contributed by atoms with van der Waals surface area (Å²) in [7, 11) is 1.87. The standard InChI is InChI=1S/C18H21N7O.ClH/c1-23-16-15(11-22-23)17(21-12-20-16)24-6-8-25(9-7-24)18(26)14-4-2-13(10-19)3-5-14;/h2-5,11-12H,6-10,19H2,1H3;1H. The van der Waals surface area contributed by atoms with Crippen molar-refractivity contribution < 1.29 is 4.79 Å². The molecule has 1 aromatic carbocycles. The van der Waals surface area contributed by atoms with Crippen molar-refractivity contribution in [1.82, 2.24) is 24.6 Å². The number of halogens is 1. The first-order valence-electron chi connectivity index (χ1n) is 8.63. The van der Waals surface area contributed by atoms with E-state index in [4.69, 9.17) is 5.73 Å². The Bertz CT molecular complexity index is 933. The van der Waals surface area contributed by atoms with Crippen LogP contribution in [0.3, 0.4) is 0 Å². The largest absolute Gasteiger partial charge is 0.352 e. The normalized spacial score (nSPS) is 14.3. The number of carbonyl (C=O) groups excluding carboxylic acids is 1. The third-order valence-electron chi connectivity index (χ3n) is 4.81. The summed E-state index contributed by atoms with van der Waals surface area (Å²) in [5.74, 6) is 0.935. The Balaban J connectivity index is 0.00000210. The monoisotopic (exact) mass is 387 g/mol. The molecule has 142 valence electrons. The maximum atomic E-state index is 12.7. The summed E-state index contributed by atoms with van der Waals surface area (Å²) < 4.78 is 1.74. The Hall–Kier alpha value is -2.71. The van der Waals surface area contributed by atoms with Gasteiger partial charge in [0.05, 0.1) is 11.6 Å². The SMILES string of the molecule is Cl.Cn1ncc2c(N3CCN(C(=O)c4ccc(CN)cc4)CC3)ncnc21. The molecule has 0 bridgehead atoms. The molecule has 1 amide bonds. The van der Waals surface area contributed by atoms with Crippen molar-refractivity contribution >= 4 is 35.2 Å². The lowest BCUT2D eigenvalue weighted by Gasteiger charge is -2.35. The number of benzene rings is 1. The lowest BCUT2D eigenvalue weighted by atomic mass is 10.1. The third kappa shape index (κ3) is 3.58. The van der Waals surface area contributed by atoms with Crippen molar-refractivity contribution in [3.63, 3.8) is 0 Å². The predicted molar refractivity (Wildman–Crippen MR) is 106 cm³/mol. The number of anilines is 1. The van der Waals surface area contributed by atoms with E-state index in [0.29, 0.717) is 25.2 Å². The van der Waals surface area contributed by atoms with E-state index in [1.807, 2.05) is 36.2 Å². The van der Waals surface area contributed by atoms with Crippen LogP contribution in [0.25, 0.3) is 11.0 Å². The van der Waals surface area contributed by atoms with E-state index in [1.165, 1.54) is 0 Å². The number of hydrogen-bond donors (Lipinski definition) is 1. The summed E-state index contributed by atoms with van der Waals surface area (Å²) >= 11 is 0. The molecule has 3 heterocycles. The van der Waals surface area contributed by atoms with E-state index in [2.05, 4.69) is 20.0 Å². The van der Waals surface area contributed by atoms with Gasteiger partial charge in [-0.05, 0) is 17.7 Å². The number of fused-ring (bicyclic) bond motifs is 1. The zero-order valence-electron chi connectivity index (χ0n) is 15.1. The molecule has 0 unspecified atom stereocenters. The van der Waals surface area contributed by atoms with Crippen LogP contribution in [0.15, 0.2) is 36.8 Å². The fourth-order valence-electron chi connectivity index (χ4n) is 3.29. The number of carbonyl (C=O) groups is 1. The lowest BCUT2D eigenvalue weighted by molar-refractivity contribution is 0.0746. The molecule has 1 fully saturated rings. The van der Waals surface area contributed by atoms with Crippen molar-refractivity contribution in [2.75, 3.05) is 31.1 Å². The van der Waals surface area contributed by atoms with Crippen molar-refractivity contribution in [3.8, 4) is 0 Å². The van der Waals surface area contributed by atoms with Gasteiger partial charge in [-0.3, -0.25) is 9.48 Å². The van der Waals surface area contributed by atoms with Gasteiger partial charge in [0.2, 0.25) is 0 Å². The molecule has 0 spiro atoms. The Kier molecular flexibility index (Phi) is 5.57. The molecule has 2 aromatic heterocycles. The average Bonchev–Trinajstić information content (AvgIpc) is 3.09. The van der Waals surface area contributed by atoms with Crippen molar-refractivity contribution in [1.29, 1.82) is 0 Å². The molecule has 0 aliphatic carbocycles. The smallest absolute Gasteiger partial charge is 0.253 e. The summed E-state index contributed by atoms with van der Waals surface area (Å²) in [6.45, 7) is 3.25. The molecule has 9 heteroatoms. The van der Waals surface area contributed by atoms with E-state index in [-0.39, 0.29) is 18.3 Å². The van der Waals surface area contributed by atoms with Gasteiger partial charge in [-0.25, -0.2) is 9.97 Å². The predicted octanol–water partition coefficient (Wildman–Crippen LogP) is 1.21. The van der Waals surface area contributed by atoms with E-state index in [0.717, 1.165) is 35.5 Å². The fourth-order valence-corrected chi connectivity index (χ4v) is 3.29. The molecule has 1 saturated heterocycles. The number of nitrogens with two attached hydrogens (primary N) is 1. The van der Waals surface area contributed by atoms with Crippen LogP contribution in [0, 0.1) is 0 Å². The molecular weight excluding hydrogens is 366 g/mol. The molecule has 0 atom stereocenters. The van der Waals surface area contributed by atoms with Crippen LogP contribution < -0.4 is 10.6 Å². The van der Waals surface area contributed by atoms with E-state index < -0.39 is 0 Å². The van der Waals surface area contributed by atoms with Gasteiger partial charge < -0.3 is 15.5 Å². The van der Waals surface area contributed by atoms with E-state index >= 15 is 0 Å². The third-order valence-corrected chi connectivity index (χ3v) is 4.81. The van der Waals surface area contributed by atoms with E-state index in [1.54, 1.807) is 17.2 Å². The molecule has 3 aromatic rings. The maximum Gasteiger partial charge on any atom is 0.253 e. The van der Waals surface area contributed by atoms with Crippen LogP contribution in [-0.4, -0.2) is 56.7 Å². The minimum absolute atomic E-state index is 0. The number of hydrogen-bond acceptors (Lipinski definition) is 6. The maximum absolute atomic E-state index is 12.7. The van der Waals surface area contributed by atoms with Crippen LogP contribution in [-0.2, 0) is 13.6 Å². The van der Waals surface area contributed by atoms with Gasteiger partial charge in [-0.1, -0.05) is 12.1 Å². The van der Waals surface area contributed by atoms with Crippen LogP contribution in [0.2, 0.25) is 0 Å². The van der Waals surface area contributed by atoms with Crippen LogP contribution in [0.1, 0.15) is 15.9 Å². The van der Waals surface area contributed by atoms with Crippen molar-refractivity contribution in [2.45, 2.75) is 6.54 Å². The van der Waals surface area contributed by atoms with Crippen LogP contribution in [0.5, 0.6) is 0 Å². The number of aromatic nitrogens is 4. The lowest BCUT2D eigenvalue weighted by Crippen LogP contribution is -2.49. The number of rotatable bonds is 3. The van der Waals surface area contributed by atoms with Crippen molar-refractivity contribution in [3.05, 3.63) is 47.9 Å². The van der Waals surface area contributed by atoms with Gasteiger partial charge in [0.25, 0.3) is 5.91 Å². The van der Waals surface area contributed by atoms with Gasteiger partial charge in [-0.15, -0.1) is 12.4 Å². The Morgan fingerprint density at radius 1 is 1.11 bits per heavy atom. The Morgan fingerprint density at radius 3 is 2.48 bits per heavy atom. The van der Waals surface area contributed by atoms with Gasteiger partial charge in [0, 0.05) is 45.3 Å². The fraction of sp³-hybridized carbons (Fsp3) is 0.333. The highest BCUT2D eigenvalue weighted by atomic mass is 35.5. The molecule has 8 nitrogen and oxygen atoms in total. The van der Waals surface area contributed by atoms with Gasteiger partial charge in [0.1, 0.15) is 12.1 Å². The number of piperazine rings is 1. The number of nitrogens with zero attached hydrogens (tertiary/aromatic N) is 6. The summed E-state index contributed by atoms with van der Waals surface area (Å²) in [5, 5.41) is 5.20. The quantitative estimate of drug-likeness (QED) is 0.726. The minimum atomic E-state index is 0. The summed E-state index contributed by atoms with van der Waals surface area (Å²) in [4.78, 5) is 25.5. The molecule has 4 rings (SSSR count). The molecule has 0 radical (unpaired) electrons. The second-order valence-corrected chi connectivity index (χ2v) is 6.38. The first-order valence-corrected chi connectivity index (χ1v) is 8.63. The van der Waals surface area contributed by atoms with Crippen LogP contribution >= 0.6 is 12.4 Å². The first kappa shape index (κ1) is 19.1. The minimum Gasteiger partial charge on any atom is -0.352 e. The summed E-state index contributed by atoms with van der Waals surface area (Å²) in [6, 6.07) is 7.51. The topological polar surface area (TPSA) is 93.2 Å².